The van der Waals surface area contributed by atoms with Crippen LogP contribution in [0, 0.1) is 12.7 Å². The number of halogens is 1. The molecule has 0 fully saturated rings. The molecule has 0 spiro atoms. The first kappa shape index (κ1) is 13.9. The van der Waals surface area contributed by atoms with Crippen LogP contribution in [0.3, 0.4) is 0 Å². The van der Waals surface area contributed by atoms with E-state index in [9.17, 15) is 14.3 Å². The van der Waals surface area contributed by atoms with Crippen LogP contribution in [0.2, 0.25) is 0 Å². The fourth-order valence-electron chi connectivity index (χ4n) is 2.06. The van der Waals surface area contributed by atoms with Crippen molar-refractivity contribution in [3.63, 3.8) is 0 Å². The second-order valence-electron chi connectivity index (χ2n) is 4.56. The Hall–Kier alpha value is -2.56. The molecule has 4 nitrogen and oxygen atoms in total. The van der Waals surface area contributed by atoms with Gasteiger partial charge in [0.25, 0.3) is 0 Å². The van der Waals surface area contributed by atoms with Gasteiger partial charge in [-0.1, -0.05) is 12.1 Å². The van der Waals surface area contributed by atoms with E-state index in [1.54, 1.807) is 11.9 Å². The molecule has 2 aromatic rings. The van der Waals surface area contributed by atoms with Crippen molar-refractivity contribution < 1.29 is 14.3 Å². The molecule has 3 N–H and O–H groups in total. The molecule has 0 aliphatic carbocycles. The fourth-order valence-corrected chi connectivity index (χ4v) is 2.06. The molecule has 2 rings (SSSR count). The number of hydrogen-bond acceptors (Lipinski definition) is 3. The number of nitrogen functional groups attached to an aromatic ring is 1. The molecule has 0 aliphatic heterocycles. The van der Waals surface area contributed by atoms with Gasteiger partial charge in [-0.25, -0.2) is 9.18 Å². The van der Waals surface area contributed by atoms with Gasteiger partial charge in [0.1, 0.15) is 11.4 Å². The second-order valence-corrected chi connectivity index (χ2v) is 4.56. The van der Waals surface area contributed by atoms with Crippen molar-refractivity contribution in [2.75, 3.05) is 17.7 Å². The topological polar surface area (TPSA) is 66.6 Å². The van der Waals surface area contributed by atoms with E-state index in [0.29, 0.717) is 5.69 Å². The highest BCUT2D eigenvalue weighted by Crippen LogP contribution is 2.32. The van der Waals surface area contributed by atoms with Crippen molar-refractivity contribution in [2.45, 2.75) is 6.92 Å². The summed E-state index contributed by atoms with van der Waals surface area (Å²) in [5.41, 5.74) is 7.16. The number of anilines is 3. The maximum atomic E-state index is 13.4. The van der Waals surface area contributed by atoms with E-state index in [1.165, 1.54) is 12.1 Å². The molecule has 20 heavy (non-hydrogen) atoms. The van der Waals surface area contributed by atoms with Crippen LogP contribution in [0.15, 0.2) is 36.4 Å². The molecule has 0 saturated carbocycles. The van der Waals surface area contributed by atoms with Crippen LogP contribution >= 0.6 is 0 Å². The predicted octanol–water partition coefficient (Wildman–Crippen LogP) is 3.18. The summed E-state index contributed by atoms with van der Waals surface area (Å²) in [7, 11) is 1.72. The molecule has 0 heterocycles. The third-order valence-electron chi connectivity index (χ3n) is 3.13. The largest absolute Gasteiger partial charge is 0.478 e. The predicted molar refractivity (Wildman–Crippen MR) is 77.0 cm³/mol. The molecule has 104 valence electrons. The third-order valence-corrected chi connectivity index (χ3v) is 3.13. The molecular formula is C15H15FN2O2. The van der Waals surface area contributed by atoms with Crippen LogP contribution in [0.25, 0.3) is 0 Å². The monoisotopic (exact) mass is 274 g/mol. The van der Waals surface area contributed by atoms with E-state index < -0.39 is 11.8 Å². The van der Waals surface area contributed by atoms with Crippen LogP contribution in [-0.2, 0) is 0 Å². The minimum Gasteiger partial charge on any atom is -0.478 e. The molecule has 0 aliphatic rings. The van der Waals surface area contributed by atoms with E-state index in [2.05, 4.69) is 0 Å². The minimum atomic E-state index is -1.25. The van der Waals surface area contributed by atoms with Crippen LogP contribution in [0.5, 0.6) is 0 Å². The lowest BCUT2D eigenvalue weighted by atomic mass is 10.1. The number of aromatic carboxylic acids is 1. The first-order chi connectivity index (χ1) is 9.41. The standard InChI is InChI=1S/C15H15FN2O2/c1-9-4-3-5-10(8-9)18(2)12-7-6-11(16)14(17)13(12)15(19)20/h3-8H,17H2,1-2H3,(H,19,20). The summed E-state index contributed by atoms with van der Waals surface area (Å²) in [6.07, 6.45) is 0. The van der Waals surface area contributed by atoms with Crippen molar-refractivity contribution in [3.8, 4) is 0 Å². The number of carboxylic acids is 1. The number of hydrogen-bond donors (Lipinski definition) is 2. The number of rotatable bonds is 3. The van der Waals surface area contributed by atoms with Crippen LogP contribution in [-0.4, -0.2) is 18.1 Å². The second kappa shape index (κ2) is 5.21. The first-order valence-corrected chi connectivity index (χ1v) is 6.03. The minimum absolute atomic E-state index is 0.228. The van der Waals surface area contributed by atoms with Crippen molar-refractivity contribution in [2.24, 2.45) is 0 Å². The molecular weight excluding hydrogens is 259 g/mol. The summed E-state index contributed by atoms with van der Waals surface area (Å²) in [5.74, 6) is -1.99. The molecule has 0 radical (unpaired) electrons. The van der Waals surface area contributed by atoms with Gasteiger partial charge in [-0.3, -0.25) is 0 Å². The quantitative estimate of drug-likeness (QED) is 0.844. The summed E-state index contributed by atoms with van der Waals surface area (Å²) in [6.45, 7) is 1.94. The Morgan fingerprint density at radius 1 is 1.30 bits per heavy atom. The van der Waals surface area contributed by atoms with Gasteiger partial charge in [-0.15, -0.1) is 0 Å². The highest BCUT2D eigenvalue weighted by atomic mass is 19.1. The van der Waals surface area contributed by atoms with Gasteiger partial charge < -0.3 is 15.7 Å². The molecule has 2 aromatic carbocycles. The lowest BCUT2D eigenvalue weighted by Crippen LogP contribution is -2.16. The number of carbonyl (C=O) groups is 1. The van der Waals surface area contributed by atoms with E-state index in [-0.39, 0.29) is 11.3 Å². The van der Waals surface area contributed by atoms with Gasteiger partial charge in [0, 0.05) is 12.7 Å². The van der Waals surface area contributed by atoms with Crippen molar-refractivity contribution in [1.82, 2.24) is 0 Å². The summed E-state index contributed by atoms with van der Waals surface area (Å²) >= 11 is 0. The van der Waals surface area contributed by atoms with Gasteiger partial charge in [-0.2, -0.15) is 0 Å². The lowest BCUT2D eigenvalue weighted by molar-refractivity contribution is 0.0698. The van der Waals surface area contributed by atoms with Crippen LogP contribution in [0.1, 0.15) is 15.9 Å². The number of carboxylic acid groups (broad SMARTS) is 1. The zero-order valence-electron chi connectivity index (χ0n) is 11.2. The van der Waals surface area contributed by atoms with Crippen LogP contribution in [0.4, 0.5) is 21.5 Å². The first-order valence-electron chi connectivity index (χ1n) is 6.03. The Labute approximate surface area is 116 Å². The van der Waals surface area contributed by atoms with E-state index in [4.69, 9.17) is 5.73 Å². The summed E-state index contributed by atoms with van der Waals surface area (Å²) < 4.78 is 13.4. The molecule has 0 bridgehead atoms. The number of benzene rings is 2. The van der Waals surface area contributed by atoms with Gasteiger partial charge in [-0.05, 0) is 36.8 Å². The van der Waals surface area contributed by atoms with Crippen molar-refractivity contribution in [1.29, 1.82) is 0 Å². The van der Waals surface area contributed by atoms with E-state index >= 15 is 0 Å². The number of nitrogens with two attached hydrogens (primary N) is 1. The Kier molecular flexibility index (Phi) is 3.61. The molecule has 0 aromatic heterocycles. The Balaban J connectivity index is 2.58. The van der Waals surface area contributed by atoms with Crippen molar-refractivity contribution >= 4 is 23.0 Å². The van der Waals surface area contributed by atoms with E-state index in [0.717, 1.165) is 11.3 Å². The zero-order chi connectivity index (χ0) is 14.9. The van der Waals surface area contributed by atoms with Gasteiger partial charge in [0.05, 0.1) is 11.4 Å². The normalized spacial score (nSPS) is 10.3. The Bertz CT molecular complexity index is 671. The molecule has 0 amide bonds. The Morgan fingerprint density at radius 3 is 2.60 bits per heavy atom. The van der Waals surface area contributed by atoms with Gasteiger partial charge in [0.2, 0.25) is 0 Å². The smallest absolute Gasteiger partial charge is 0.340 e. The van der Waals surface area contributed by atoms with Gasteiger partial charge in [0.15, 0.2) is 0 Å². The summed E-state index contributed by atoms with van der Waals surface area (Å²) in [6, 6.07) is 10.1. The Morgan fingerprint density at radius 2 is 2.00 bits per heavy atom. The maximum Gasteiger partial charge on any atom is 0.340 e. The summed E-state index contributed by atoms with van der Waals surface area (Å²) in [4.78, 5) is 13.0. The number of aryl methyl sites for hydroxylation is 1. The SMILES string of the molecule is Cc1cccc(N(C)c2ccc(F)c(N)c2C(=O)O)c1. The molecule has 0 atom stereocenters. The lowest BCUT2D eigenvalue weighted by Gasteiger charge is -2.22. The molecule has 0 saturated heterocycles. The highest BCUT2D eigenvalue weighted by Gasteiger charge is 2.20. The fraction of sp³-hybridized carbons (Fsp3) is 0.133. The third kappa shape index (κ3) is 2.42. The van der Waals surface area contributed by atoms with Gasteiger partial charge >= 0.3 is 5.97 Å². The highest BCUT2D eigenvalue weighted by molar-refractivity contribution is 6.01. The summed E-state index contributed by atoms with van der Waals surface area (Å²) in [5, 5.41) is 9.25. The maximum absolute atomic E-state index is 13.4. The molecule has 0 unspecified atom stereocenters. The van der Waals surface area contributed by atoms with Crippen LogP contribution < -0.4 is 10.6 Å². The average Bonchev–Trinajstić information content (AvgIpc) is 2.40. The molecule has 5 heteroatoms. The zero-order valence-corrected chi connectivity index (χ0v) is 11.2. The van der Waals surface area contributed by atoms with E-state index in [1.807, 2.05) is 31.2 Å². The average molecular weight is 274 g/mol. The number of nitrogens with zero attached hydrogens (tertiary/aromatic N) is 1. The van der Waals surface area contributed by atoms with Crippen molar-refractivity contribution in [3.05, 3.63) is 53.3 Å².